The standard InChI is InChI=1S/C40H38N2OSi/c1-4-43-44(2,3)40-28-26-37(27-29-40)42(36-22-12-7-13-23-36)39-25-15-17-33(31-39)32-16-14-24-38(30-32)41(34-18-8-5-9-19-34)35-20-10-6-11-21-35/h5-31H,4H2,1-3H3. The summed E-state index contributed by atoms with van der Waals surface area (Å²) in [6, 6.07) is 58.2. The molecule has 0 aliphatic heterocycles. The van der Waals surface area contributed by atoms with E-state index < -0.39 is 8.32 Å². The Labute approximate surface area is 262 Å². The van der Waals surface area contributed by atoms with Crippen LogP contribution in [-0.2, 0) is 4.43 Å². The van der Waals surface area contributed by atoms with Gasteiger partial charge in [-0.2, -0.15) is 0 Å². The molecular formula is C40H38N2OSi. The van der Waals surface area contributed by atoms with Gasteiger partial charge in [0.05, 0.1) is 0 Å². The van der Waals surface area contributed by atoms with Crippen molar-refractivity contribution < 1.29 is 4.43 Å². The first kappa shape index (κ1) is 29.2. The number of hydrogen-bond acceptors (Lipinski definition) is 3. The van der Waals surface area contributed by atoms with Crippen molar-refractivity contribution in [3.05, 3.63) is 164 Å². The topological polar surface area (TPSA) is 15.7 Å². The third-order valence-corrected chi connectivity index (χ3v) is 10.6. The molecule has 0 spiro atoms. The van der Waals surface area contributed by atoms with E-state index in [2.05, 4.69) is 194 Å². The highest BCUT2D eigenvalue weighted by Crippen LogP contribution is 2.39. The van der Waals surface area contributed by atoms with Crippen LogP contribution < -0.4 is 15.0 Å². The van der Waals surface area contributed by atoms with Gasteiger partial charge in [-0.1, -0.05) is 91.0 Å². The lowest BCUT2D eigenvalue weighted by molar-refractivity contribution is 0.339. The van der Waals surface area contributed by atoms with Gasteiger partial charge in [0.2, 0.25) is 8.32 Å². The molecule has 0 amide bonds. The van der Waals surface area contributed by atoms with E-state index in [4.69, 9.17) is 4.43 Å². The molecule has 0 unspecified atom stereocenters. The highest BCUT2D eigenvalue weighted by atomic mass is 28.4. The Morgan fingerprint density at radius 1 is 0.432 bits per heavy atom. The van der Waals surface area contributed by atoms with E-state index in [0.29, 0.717) is 0 Å². The van der Waals surface area contributed by atoms with Gasteiger partial charge in [-0.15, -0.1) is 0 Å². The normalized spacial score (nSPS) is 11.2. The van der Waals surface area contributed by atoms with Crippen molar-refractivity contribution in [1.82, 2.24) is 0 Å². The van der Waals surface area contributed by atoms with Gasteiger partial charge in [0.25, 0.3) is 0 Å². The van der Waals surface area contributed by atoms with Gasteiger partial charge in [0.15, 0.2) is 0 Å². The van der Waals surface area contributed by atoms with Crippen LogP contribution in [0.25, 0.3) is 11.1 Å². The van der Waals surface area contributed by atoms with Crippen LogP contribution in [0.3, 0.4) is 0 Å². The number of anilines is 6. The predicted octanol–water partition coefficient (Wildman–Crippen LogP) is 10.7. The zero-order chi connectivity index (χ0) is 30.4. The molecule has 6 aromatic rings. The van der Waals surface area contributed by atoms with Gasteiger partial charge < -0.3 is 14.2 Å². The van der Waals surface area contributed by atoms with Gasteiger partial charge in [-0.05, 0) is 109 Å². The summed E-state index contributed by atoms with van der Waals surface area (Å²) < 4.78 is 6.15. The van der Waals surface area contributed by atoms with Crippen LogP contribution in [-0.4, -0.2) is 14.9 Å². The van der Waals surface area contributed by atoms with E-state index in [-0.39, 0.29) is 0 Å². The Balaban J connectivity index is 1.40. The van der Waals surface area contributed by atoms with Gasteiger partial charge in [0.1, 0.15) is 0 Å². The van der Waals surface area contributed by atoms with E-state index in [1.54, 1.807) is 0 Å². The van der Waals surface area contributed by atoms with Crippen LogP contribution in [0.4, 0.5) is 34.1 Å². The molecule has 4 heteroatoms. The quantitative estimate of drug-likeness (QED) is 0.148. The predicted molar refractivity (Wildman–Crippen MR) is 190 cm³/mol. The second-order valence-corrected chi connectivity index (χ2v) is 15.2. The summed E-state index contributed by atoms with van der Waals surface area (Å²) in [5.74, 6) is 0. The van der Waals surface area contributed by atoms with Crippen molar-refractivity contribution in [2.45, 2.75) is 20.0 Å². The van der Waals surface area contributed by atoms with Crippen molar-refractivity contribution in [3.63, 3.8) is 0 Å². The third kappa shape index (κ3) is 6.37. The minimum absolute atomic E-state index is 0.736. The van der Waals surface area contributed by atoms with Gasteiger partial charge in [-0.3, -0.25) is 0 Å². The number of para-hydroxylation sites is 3. The molecular weight excluding hydrogens is 553 g/mol. The van der Waals surface area contributed by atoms with Gasteiger partial charge in [-0.25, -0.2) is 0 Å². The third-order valence-electron chi connectivity index (χ3n) is 7.91. The van der Waals surface area contributed by atoms with Crippen molar-refractivity contribution in [2.24, 2.45) is 0 Å². The molecule has 44 heavy (non-hydrogen) atoms. The van der Waals surface area contributed by atoms with Crippen LogP contribution >= 0.6 is 0 Å². The second-order valence-electron chi connectivity index (χ2n) is 11.3. The Kier molecular flexibility index (Phi) is 8.73. The number of hydrogen-bond donors (Lipinski definition) is 0. The molecule has 6 rings (SSSR count). The molecule has 0 radical (unpaired) electrons. The summed E-state index contributed by atoms with van der Waals surface area (Å²) in [4.78, 5) is 4.63. The minimum Gasteiger partial charge on any atom is -0.413 e. The summed E-state index contributed by atoms with van der Waals surface area (Å²) in [7, 11) is -1.94. The van der Waals surface area contributed by atoms with Crippen molar-refractivity contribution in [1.29, 1.82) is 0 Å². The van der Waals surface area contributed by atoms with Crippen molar-refractivity contribution in [3.8, 4) is 11.1 Å². The fourth-order valence-electron chi connectivity index (χ4n) is 5.73. The van der Waals surface area contributed by atoms with Gasteiger partial charge in [0, 0.05) is 40.7 Å². The van der Waals surface area contributed by atoms with Crippen LogP contribution in [0.5, 0.6) is 0 Å². The maximum Gasteiger partial charge on any atom is 0.218 e. The molecule has 0 aliphatic carbocycles. The van der Waals surface area contributed by atoms with Crippen molar-refractivity contribution in [2.75, 3.05) is 16.4 Å². The first-order valence-electron chi connectivity index (χ1n) is 15.2. The van der Waals surface area contributed by atoms with Gasteiger partial charge >= 0.3 is 0 Å². The summed E-state index contributed by atoms with van der Waals surface area (Å²) in [5.41, 5.74) is 9.02. The molecule has 0 heterocycles. The first-order chi connectivity index (χ1) is 21.5. The molecule has 0 fully saturated rings. The summed E-state index contributed by atoms with van der Waals surface area (Å²) in [6.45, 7) is 7.33. The number of nitrogens with zero attached hydrogens (tertiary/aromatic N) is 2. The number of benzene rings is 6. The first-order valence-corrected chi connectivity index (χ1v) is 18.1. The monoisotopic (exact) mass is 590 g/mol. The maximum atomic E-state index is 6.15. The van der Waals surface area contributed by atoms with E-state index in [9.17, 15) is 0 Å². The molecule has 0 aliphatic rings. The zero-order valence-corrected chi connectivity index (χ0v) is 26.6. The lowest BCUT2D eigenvalue weighted by atomic mass is 10.0. The van der Waals surface area contributed by atoms with E-state index in [0.717, 1.165) is 51.9 Å². The molecule has 218 valence electrons. The molecule has 3 nitrogen and oxygen atoms in total. The Hall–Kier alpha value is -4.90. The molecule has 0 atom stereocenters. The van der Waals surface area contributed by atoms with Crippen LogP contribution in [0.15, 0.2) is 164 Å². The SMILES string of the molecule is CCO[Si](C)(C)c1ccc(N(c2ccccc2)c2cccc(-c3cccc(N(c4ccccc4)c4ccccc4)c3)c2)cc1. The smallest absolute Gasteiger partial charge is 0.218 e. The fourth-order valence-corrected chi connectivity index (χ4v) is 7.59. The average molecular weight is 591 g/mol. The Bertz CT molecular complexity index is 1750. The number of rotatable bonds is 10. The highest BCUT2D eigenvalue weighted by molar-refractivity contribution is 6.84. The molecule has 0 aromatic heterocycles. The van der Waals surface area contributed by atoms with Crippen LogP contribution in [0.2, 0.25) is 13.1 Å². The molecule has 0 saturated carbocycles. The summed E-state index contributed by atoms with van der Waals surface area (Å²) >= 11 is 0. The highest BCUT2D eigenvalue weighted by Gasteiger charge is 2.25. The Morgan fingerprint density at radius 2 is 0.795 bits per heavy atom. The maximum absolute atomic E-state index is 6.15. The molecule has 0 bridgehead atoms. The fraction of sp³-hybridized carbons (Fsp3) is 0.100. The zero-order valence-electron chi connectivity index (χ0n) is 25.6. The van der Waals surface area contributed by atoms with Crippen LogP contribution in [0, 0.1) is 0 Å². The average Bonchev–Trinajstić information content (AvgIpc) is 3.07. The molecule has 6 aromatic carbocycles. The second kappa shape index (κ2) is 13.2. The summed E-state index contributed by atoms with van der Waals surface area (Å²) in [6.07, 6.45) is 0. The van der Waals surface area contributed by atoms with Crippen molar-refractivity contribution >= 4 is 47.6 Å². The molecule has 0 N–H and O–H groups in total. The molecule has 0 saturated heterocycles. The van der Waals surface area contributed by atoms with E-state index in [1.165, 1.54) is 5.19 Å². The lowest BCUT2D eigenvalue weighted by Gasteiger charge is -2.28. The lowest BCUT2D eigenvalue weighted by Crippen LogP contribution is -2.44. The summed E-state index contributed by atoms with van der Waals surface area (Å²) in [5, 5.41) is 1.29. The largest absolute Gasteiger partial charge is 0.413 e. The van der Waals surface area contributed by atoms with E-state index >= 15 is 0 Å². The van der Waals surface area contributed by atoms with E-state index in [1.807, 2.05) is 0 Å². The van der Waals surface area contributed by atoms with Crippen LogP contribution in [0.1, 0.15) is 6.92 Å². The minimum atomic E-state index is -1.94. The Morgan fingerprint density at radius 3 is 1.18 bits per heavy atom.